The molecule has 2 aromatic carbocycles. The van der Waals surface area contributed by atoms with Crippen molar-refractivity contribution in [2.45, 2.75) is 10.6 Å². The molecule has 8 heteroatoms. The highest BCUT2D eigenvalue weighted by atomic mass is 32.2. The lowest BCUT2D eigenvalue weighted by atomic mass is 10.3. The van der Waals surface area contributed by atoms with Crippen LogP contribution in [0.5, 0.6) is 0 Å². The second-order valence-corrected chi connectivity index (χ2v) is 8.97. The predicted octanol–water partition coefficient (Wildman–Crippen LogP) is 4.94. The van der Waals surface area contributed by atoms with Crippen LogP contribution in [-0.4, -0.2) is 40.9 Å². The average Bonchev–Trinajstić information content (AvgIpc) is 3.06. The Bertz CT molecular complexity index is 923. The van der Waals surface area contributed by atoms with Crippen LogP contribution in [0, 0.1) is 0 Å². The summed E-state index contributed by atoms with van der Waals surface area (Å²) in [5.41, 5.74) is 1.65. The smallest absolute Gasteiger partial charge is 0.286 e. The van der Waals surface area contributed by atoms with Gasteiger partial charge in [-0.1, -0.05) is 24.3 Å². The quantitative estimate of drug-likeness (QED) is 0.576. The third kappa shape index (κ3) is 5.47. The molecule has 5 nitrogen and oxygen atoms in total. The number of thioether (sulfide) groups is 2. The number of nitrogens with one attached hydrogen (secondary N) is 1. The van der Waals surface area contributed by atoms with Crippen molar-refractivity contribution in [1.82, 2.24) is 9.88 Å². The third-order valence-corrected chi connectivity index (χ3v) is 6.80. The first-order valence-electron chi connectivity index (χ1n) is 8.23. The Kier molecular flexibility index (Phi) is 6.76. The van der Waals surface area contributed by atoms with Crippen molar-refractivity contribution in [3.63, 3.8) is 0 Å². The molecule has 3 aromatic rings. The molecule has 3 rings (SSSR count). The number of carbonyl (C=O) groups is 2. The highest BCUT2D eigenvalue weighted by Gasteiger charge is 2.13. The van der Waals surface area contributed by atoms with Gasteiger partial charge in [0.25, 0.3) is 5.24 Å². The number of rotatable bonds is 6. The lowest BCUT2D eigenvalue weighted by molar-refractivity contribution is -0.113. The molecule has 0 unspecified atom stereocenters. The van der Waals surface area contributed by atoms with Crippen LogP contribution in [0.4, 0.5) is 10.5 Å². The zero-order chi connectivity index (χ0) is 19.2. The molecular formula is C19H19N3O2S3. The number of thiazole rings is 1. The lowest BCUT2D eigenvalue weighted by Gasteiger charge is -2.13. The summed E-state index contributed by atoms with van der Waals surface area (Å²) in [5, 5.41) is 3.83. The molecule has 27 heavy (non-hydrogen) atoms. The summed E-state index contributed by atoms with van der Waals surface area (Å²) < 4.78 is 1.16. The molecule has 0 aliphatic heterocycles. The number of carbonyl (C=O) groups excluding carboxylic acids is 2. The molecule has 140 valence electrons. The molecule has 1 heterocycles. The number of aromatic nitrogens is 1. The Labute approximate surface area is 170 Å². The van der Waals surface area contributed by atoms with Gasteiger partial charge in [-0.2, -0.15) is 0 Å². The summed E-state index contributed by atoms with van der Waals surface area (Å²) in [6.45, 7) is 0. The molecule has 2 amide bonds. The SMILES string of the molecule is CN(C)C(=O)Sc1ccccc1NC(=O)CSCc1nc2ccccc2s1. The van der Waals surface area contributed by atoms with E-state index in [4.69, 9.17) is 0 Å². The number of nitrogens with zero attached hydrogens (tertiary/aromatic N) is 2. The van der Waals surface area contributed by atoms with E-state index in [0.717, 1.165) is 31.9 Å². The highest BCUT2D eigenvalue weighted by molar-refractivity contribution is 8.13. The highest BCUT2D eigenvalue weighted by Crippen LogP contribution is 2.29. The van der Waals surface area contributed by atoms with Gasteiger partial charge in [-0.3, -0.25) is 9.59 Å². The summed E-state index contributed by atoms with van der Waals surface area (Å²) >= 11 is 4.28. The van der Waals surface area contributed by atoms with Crippen LogP contribution in [0.3, 0.4) is 0 Å². The fraction of sp³-hybridized carbons (Fsp3) is 0.211. The van der Waals surface area contributed by atoms with Crippen LogP contribution < -0.4 is 5.32 Å². The average molecular weight is 418 g/mol. The van der Waals surface area contributed by atoms with Gasteiger partial charge < -0.3 is 10.2 Å². The van der Waals surface area contributed by atoms with E-state index in [9.17, 15) is 9.59 Å². The topological polar surface area (TPSA) is 62.3 Å². The number of fused-ring (bicyclic) bond motifs is 1. The molecule has 1 N–H and O–H groups in total. The number of para-hydroxylation sites is 2. The van der Waals surface area contributed by atoms with Gasteiger partial charge in [-0.05, 0) is 36.0 Å². The molecule has 1 aromatic heterocycles. The number of anilines is 1. The van der Waals surface area contributed by atoms with Crippen molar-refractivity contribution in [3.05, 3.63) is 53.5 Å². The zero-order valence-corrected chi connectivity index (χ0v) is 17.4. The van der Waals surface area contributed by atoms with Gasteiger partial charge in [0, 0.05) is 24.7 Å². The Hall–Kier alpha value is -2.03. The maximum Gasteiger partial charge on any atom is 0.286 e. The van der Waals surface area contributed by atoms with Crippen molar-refractivity contribution in [2.75, 3.05) is 25.2 Å². The van der Waals surface area contributed by atoms with E-state index >= 15 is 0 Å². The van der Waals surface area contributed by atoms with Crippen LogP contribution >= 0.6 is 34.9 Å². The molecule has 0 atom stereocenters. The van der Waals surface area contributed by atoms with Gasteiger partial charge in [-0.25, -0.2) is 4.98 Å². The number of benzene rings is 2. The van der Waals surface area contributed by atoms with Crippen LogP contribution in [0.25, 0.3) is 10.2 Å². The third-order valence-electron chi connectivity index (χ3n) is 3.52. The molecular weight excluding hydrogens is 398 g/mol. The number of hydrogen-bond donors (Lipinski definition) is 1. The summed E-state index contributed by atoms with van der Waals surface area (Å²) in [6.07, 6.45) is 0. The normalized spacial score (nSPS) is 10.7. The van der Waals surface area contributed by atoms with Crippen molar-refractivity contribution in [1.29, 1.82) is 0 Å². The van der Waals surface area contributed by atoms with E-state index < -0.39 is 0 Å². The first-order chi connectivity index (χ1) is 13.0. The molecule has 0 aliphatic carbocycles. The minimum Gasteiger partial charge on any atom is -0.339 e. The van der Waals surface area contributed by atoms with Crippen LogP contribution in [0.1, 0.15) is 5.01 Å². The van der Waals surface area contributed by atoms with Gasteiger partial charge in [-0.15, -0.1) is 23.1 Å². The number of hydrogen-bond acceptors (Lipinski definition) is 6. The van der Waals surface area contributed by atoms with Crippen molar-refractivity contribution in [3.8, 4) is 0 Å². The molecule has 0 saturated heterocycles. The molecule has 0 spiro atoms. The van der Waals surface area contributed by atoms with Crippen LogP contribution in [0.15, 0.2) is 53.4 Å². The van der Waals surface area contributed by atoms with Crippen LogP contribution in [-0.2, 0) is 10.5 Å². The maximum absolute atomic E-state index is 12.3. The van der Waals surface area contributed by atoms with Gasteiger partial charge in [0.1, 0.15) is 5.01 Å². The molecule has 0 fully saturated rings. The second-order valence-electron chi connectivity index (χ2n) is 5.87. The summed E-state index contributed by atoms with van der Waals surface area (Å²) in [4.78, 5) is 31.0. The largest absolute Gasteiger partial charge is 0.339 e. The minimum atomic E-state index is -0.0912. The molecule has 0 aliphatic rings. The Morgan fingerprint density at radius 2 is 1.85 bits per heavy atom. The Balaban J connectivity index is 1.54. The summed E-state index contributed by atoms with van der Waals surface area (Å²) in [7, 11) is 3.41. The van der Waals surface area contributed by atoms with Crippen molar-refractivity contribution in [2.24, 2.45) is 0 Å². The standard InChI is InChI=1S/C19H19N3O2S3/c1-22(2)19(24)27-16-10-6-3-7-13(16)20-17(23)11-25-12-18-21-14-8-4-5-9-15(14)26-18/h3-10H,11-12H2,1-2H3,(H,20,23). The molecule has 0 bridgehead atoms. The van der Waals surface area contributed by atoms with E-state index in [2.05, 4.69) is 16.4 Å². The number of amides is 2. The van der Waals surface area contributed by atoms with Gasteiger partial charge >= 0.3 is 0 Å². The Morgan fingerprint density at radius 1 is 1.11 bits per heavy atom. The second kappa shape index (κ2) is 9.25. The predicted molar refractivity (Wildman–Crippen MR) is 116 cm³/mol. The van der Waals surface area contributed by atoms with E-state index in [1.54, 1.807) is 31.5 Å². The minimum absolute atomic E-state index is 0.0816. The Morgan fingerprint density at radius 3 is 2.63 bits per heavy atom. The fourth-order valence-electron chi connectivity index (χ4n) is 2.24. The van der Waals surface area contributed by atoms with Gasteiger partial charge in [0.2, 0.25) is 5.91 Å². The maximum atomic E-state index is 12.3. The summed E-state index contributed by atoms with van der Waals surface area (Å²) in [5.74, 6) is 0.935. The van der Waals surface area contributed by atoms with E-state index in [1.807, 2.05) is 36.4 Å². The molecule has 0 saturated carbocycles. The van der Waals surface area contributed by atoms with Gasteiger partial charge in [0.15, 0.2) is 0 Å². The van der Waals surface area contributed by atoms with E-state index in [-0.39, 0.29) is 11.1 Å². The van der Waals surface area contributed by atoms with Gasteiger partial charge in [0.05, 0.1) is 21.7 Å². The first-order valence-corrected chi connectivity index (χ1v) is 11.0. The van der Waals surface area contributed by atoms with E-state index in [1.165, 1.54) is 16.7 Å². The lowest BCUT2D eigenvalue weighted by Crippen LogP contribution is -2.17. The first kappa shape index (κ1) is 19.7. The fourth-order valence-corrected chi connectivity index (χ4v) is 4.84. The van der Waals surface area contributed by atoms with Crippen molar-refractivity contribution < 1.29 is 9.59 Å². The zero-order valence-electron chi connectivity index (χ0n) is 15.0. The molecule has 0 radical (unpaired) electrons. The van der Waals surface area contributed by atoms with E-state index in [0.29, 0.717) is 17.2 Å². The van der Waals surface area contributed by atoms with Crippen molar-refractivity contribution >= 4 is 61.9 Å². The monoisotopic (exact) mass is 417 g/mol. The van der Waals surface area contributed by atoms with Crippen LogP contribution in [0.2, 0.25) is 0 Å². The summed E-state index contributed by atoms with van der Waals surface area (Å²) in [6, 6.07) is 15.4.